The molecule has 0 atom stereocenters. The zero-order valence-corrected chi connectivity index (χ0v) is 15.9. The molecule has 4 nitrogen and oxygen atoms in total. The van der Waals surface area contributed by atoms with Crippen molar-refractivity contribution in [1.82, 2.24) is 0 Å². The van der Waals surface area contributed by atoms with Gasteiger partial charge in [0.25, 0.3) is 0 Å². The summed E-state index contributed by atoms with van der Waals surface area (Å²) >= 11 is 0. The summed E-state index contributed by atoms with van der Waals surface area (Å²) in [6.07, 6.45) is 3.93. The molecular formula is C24H22O4. The molecule has 0 N–H and O–H groups in total. The number of benzene rings is 3. The standard InChI is InChI=1S/C24H22O4/c1-26-23-16-18(13-15-21(23)24(25)27-2)12-14-20-10-6-7-11-22(20)28-17-19-8-4-3-5-9-19/h3-16H,17H2,1-2H3. The molecule has 4 heteroatoms. The average molecular weight is 374 g/mol. The maximum Gasteiger partial charge on any atom is 0.341 e. The van der Waals surface area contributed by atoms with Gasteiger partial charge in [0.15, 0.2) is 0 Å². The smallest absolute Gasteiger partial charge is 0.341 e. The van der Waals surface area contributed by atoms with Crippen LogP contribution in [-0.2, 0) is 11.3 Å². The van der Waals surface area contributed by atoms with Gasteiger partial charge in [-0.15, -0.1) is 0 Å². The van der Waals surface area contributed by atoms with E-state index in [2.05, 4.69) is 0 Å². The molecule has 0 saturated carbocycles. The van der Waals surface area contributed by atoms with Crippen molar-refractivity contribution in [2.45, 2.75) is 6.61 Å². The number of carbonyl (C=O) groups excluding carboxylic acids is 1. The molecule has 28 heavy (non-hydrogen) atoms. The number of para-hydroxylation sites is 1. The number of hydrogen-bond donors (Lipinski definition) is 0. The molecule has 0 aromatic heterocycles. The van der Waals surface area contributed by atoms with Crippen molar-refractivity contribution in [3.63, 3.8) is 0 Å². The first-order chi connectivity index (χ1) is 13.7. The Morgan fingerprint density at radius 2 is 1.61 bits per heavy atom. The van der Waals surface area contributed by atoms with Crippen LogP contribution in [0.5, 0.6) is 11.5 Å². The van der Waals surface area contributed by atoms with Gasteiger partial charge in [-0.05, 0) is 29.3 Å². The van der Waals surface area contributed by atoms with Crippen LogP contribution in [0.4, 0.5) is 0 Å². The van der Waals surface area contributed by atoms with Crippen molar-refractivity contribution in [2.75, 3.05) is 14.2 Å². The lowest BCUT2D eigenvalue weighted by Gasteiger charge is -2.10. The molecule has 0 aliphatic heterocycles. The van der Waals surface area contributed by atoms with Crippen molar-refractivity contribution in [2.24, 2.45) is 0 Å². The first-order valence-corrected chi connectivity index (χ1v) is 8.91. The highest BCUT2D eigenvalue weighted by atomic mass is 16.5. The first kappa shape index (κ1) is 19.2. The predicted octanol–water partition coefficient (Wildman–Crippen LogP) is 5.23. The van der Waals surface area contributed by atoms with Crippen LogP contribution in [0, 0.1) is 0 Å². The van der Waals surface area contributed by atoms with Gasteiger partial charge in [0.1, 0.15) is 23.7 Å². The number of ether oxygens (including phenoxy) is 3. The van der Waals surface area contributed by atoms with E-state index >= 15 is 0 Å². The minimum absolute atomic E-state index is 0.397. The summed E-state index contributed by atoms with van der Waals surface area (Å²) in [5.41, 5.74) is 3.38. The topological polar surface area (TPSA) is 44.8 Å². The fourth-order valence-electron chi connectivity index (χ4n) is 2.76. The van der Waals surface area contributed by atoms with Crippen LogP contribution < -0.4 is 9.47 Å². The number of rotatable bonds is 7. The molecule has 142 valence electrons. The molecule has 0 aliphatic carbocycles. The summed E-state index contributed by atoms with van der Waals surface area (Å²) in [5, 5.41) is 0. The lowest BCUT2D eigenvalue weighted by Crippen LogP contribution is -2.04. The minimum atomic E-state index is -0.424. The van der Waals surface area contributed by atoms with E-state index in [1.165, 1.54) is 14.2 Å². The van der Waals surface area contributed by atoms with Gasteiger partial charge in [-0.3, -0.25) is 0 Å². The Hall–Kier alpha value is -3.53. The fraction of sp³-hybridized carbons (Fsp3) is 0.125. The molecule has 0 amide bonds. The van der Waals surface area contributed by atoms with E-state index < -0.39 is 5.97 Å². The molecule has 0 aliphatic rings. The van der Waals surface area contributed by atoms with Crippen LogP contribution in [-0.4, -0.2) is 20.2 Å². The number of carbonyl (C=O) groups is 1. The molecule has 0 spiro atoms. The Kier molecular flexibility index (Phi) is 6.47. The SMILES string of the molecule is COC(=O)c1ccc(C=Cc2ccccc2OCc2ccccc2)cc1OC. The molecule has 0 unspecified atom stereocenters. The number of hydrogen-bond acceptors (Lipinski definition) is 4. The van der Waals surface area contributed by atoms with Gasteiger partial charge in [0.05, 0.1) is 14.2 Å². The third-order valence-corrected chi connectivity index (χ3v) is 4.24. The molecule has 0 heterocycles. The normalized spacial score (nSPS) is 10.6. The van der Waals surface area contributed by atoms with Crippen molar-refractivity contribution >= 4 is 18.1 Å². The quantitative estimate of drug-likeness (QED) is 0.419. The summed E-state index contributed by atoms with van der Waals surface area (Å²) in [6.45, 7) is 0.507. The maximum atomic E-state index is 11.8. The number of methoxy groups -OCH3 is 2. The molecule has 3 aromatic rings. The lowest BCUT2D eigenvalue weighted by molar-refractivity contribution is 0.0597. The molecule has 3 rings (SSSR count). The fourth-order valence-corrected chi connectivity index (χ4v) is 2.76. The van der Waals surface area contributed by atoms with Gasteiger partial charge in [-0.2, -0.15) is 0 Å². The van der Waals surface area contributed by atoms with Gasteiger partial charge in [-0.1, -0.05) is 66.7 Å². The first-order valence-electron chi connectivity index (χ1n) is 8.91. The van der Waals surface area contributed by atoms with Crippen LogP contribution in [0.3, 0.4) is 0 Å². The predicted molar refractivity (Wildman–Crippen MR) is 110 cm³/mol. The van der Waals surface area contributed by atoms with Crippen molar-refractivity contribution < 1.29 is 19.0 Å². The van der Waals surface area contributed by atoms with Crippen molar-refractivity contribution in [3.8, 4) is 11.5 Å². The summed E-state index contributed by atoms with van der Waals surface area (Å²) in [7, 11) is 2.88. The average Bonchev–Trinajstić information content (AvgIpc) is 2.76. The highest BCUT2D eigenvalue weighted by molar-refractivity contribution is 5.93. The van der Waals surface area contributed by atoms with E-state index in [9.17, 15) is 4.79 Å². The monoisotopic (exact) mass is 374 g/mol. The summed E-state index contributed by atoms with van der Waals surface area (Å²) in [5.74, 6) is 0.857. The van der Waals surface area contributed by atoms with Gasteiger partial charge in [0.2, 0.25) is 0 Å². The van der Waals surface area contributed by atoms with E-state index in [0.29, 0.717) is 17.9 Å². The van der Waals surface area contributed by atoms with Crippen LogP contribution in [0.25, 0.3) is 12.2 Å². The van der Waals surface area contributed by atoms with Crippen LogP contribution in [0.15, 0.2) is 72.8 Å². The summed E-state index contributed by atoms with van der Waals surface area (Å²) < 4.78 is 16.1. The van der Waals surface area contributed by atoms with Crippen molar-refractivity contribution in [1.29, 1.82) is 0 Å². The zero-order chi connectivity index (χ0) is 19.8. The third kappa shape index (κ3) is 4.80. The Morgan fingerprint density at radius 3 is 2.36 bits per heavy atom. The maximum absolute atomic E-state index is 11.8. The Balaban J connectivity index is 1.78. The van der Waals surface area contributed by atoms with E-state index in [4.69, 9.17) is 14.2 Å². The Labute approximate surface area is 165 Å². The highest BCUT2D eigenvalue weighted by Crippen LogP contribution is 2.25. The minimum Gasteiger partial charge on any atom is -0.496 e. The van der Waals surface area contributed by atoms with Gasteiger partial charge >= 0.3 is 5.97 Å². The van der Waals surface area contributed by atoms with Crippen LogP contribution in [0.1, 0.15) is 27.0 Å². The van der Waals surface area contributed by atoms with E-state index in [-0.39, 0.29) is 0 Å². The zero-order valence-electron chi connectivity index (χ0n) is 15.9. The van der Waals surface area contributed by atoms with E-state index in [0.717, 1.165) is 22.4 Å². The van der Waals surface area contributed by atoms with Gasteiger partial charge in [0, 0.05) is 5.56 Å². The Morgan fingerprint density at radius 1 is 0.857 bits per heavy atom. The van der Waals surface area contributed by atoms with Crippen LogP contribution >= 0.6 is 0 Å². The largest absolute Gasteiger partial charge is 0.496 e. The third-order valence-electron chi connectivity index (χ3n) is 4.24. The highest BCUT2D eigenvalue weighted by Gasteiger charge is 2.12. The second-order valence-corrected chi connectivity index (χ2v) is 6.10. The summed E-state index contributed by atoms with van der Waals surface area (Å²) in [6, 6.07) is 23.3. The van der Waals surface area contributed by atoms with Crippen molar-refractivity contribution in [3.05, 3.63) is 95.1 Å². The molecule has 0 bridgehead atoms. The Bertz CT molecular complexity index is 961. The number of esters is 1. The molecule has 0 saturated heterocycles. The van der Waals surface area contributed by atoms with Gasteiger partial charge in [-0.25, -0.2) is 4.79 Å². The van der Waals surface area contributed by atoms with Gasteiger partial charge < -0.3 is 14.2 Å². The molecular weight excluding hydrogens is 352 g/mol. The van der Waals surface area contributed by atoms with E-state index in [1.54, 1.807) is 12.1 Å². The lowest BCUT2D eigenvalue weighted by atomic mass is 10.1. The molecule has 0 fully saturated rings. The second-order valence-electron chi connectivity index (χ2n) is 6.10. The summed E-state index contributed by atoms with van der Waals surface area (Å²) in [4.78, 5) is 11.8. The molecule has 0 radical (unpaired) electrons. The molecule has 3 aromatic carbocycles. The van der Waals surface area contributed by atoms with Crippen LogP contribution in [0.2, 0.25) is 0 Å². The second kappa shape index (κ2) is 9.42. The van der Waals surface area contributed by atoms with E-state index in [1.807, 2.05) is 72.8 Å².